The van der Waals surface area contributed by atoms with Crippen molar-refractivity contribution >= 4 is 34.5 Å². The molecule has 0 saturated carbocycles. The highest BCUT2D eigenvalue weighted by Crippen LogP contribution is 2.25. The van der Waals surface area contributed by atoms with Crippen molar-refractivity contribution in [3.8, 4) is 0 Å². The van der Waals surface area contributed by atoms with E-state index in [9.17, 15) is 19.2 Å². The van der Waals surface area contributed by atoms with E-state index in [-0.39, 0.29) is 19.9 Å². The lowest BCUT2D eigenvalue weighted by atomic mass is 10.1. The predicted octanol–water partition coefficient (Wildman–Crippen LogP) is 1.57. The Morgan fingerprint density at radius 1 is 1.24 bits per heavy atom. The van der Waals surface area contributed by atoms with E-state index in [4.69, 9.17) is 0 Å². The summed E-state index contributed by atoms with van der Waals surface area (Å²) in [7, 11) is 0. The summed E-state index contributed by atoms with van der Waals surface area (Å²) in [6.45, 7) is 9.10. The lowest BCUT2D eigenvalue weighted by Gasteiger charge is -2.23. The van der Waals surface area contributed by atoms with Crippen molar-refractivity contribution in [2.45, 2.75) is 45.8 Å². The van der Waals surface area contributed by atoms with Gasteiger partial charge >= 0.3 is 5.97 Å². The average molecular weight is 319 g/mol. The van der Waals surface area contributed by atoms with E-state index in [1.165, 1.54) is 0 Å². The zero-order valence-corrected chi connectivity index (χ0v) is 14.0. The topological polar surface area (TPSA) is 89.5 Å². The minimum absolute atomic E-state index is 0. The Bertz CT molecular complexity index is 423. The molecule has 0 rings (SSSR count). The number of ketones is 1. The van der Waals surface area contributed by atoms with E-state index >= 15 is 0 Å². The SMILES string of the molecule is CCOC(=O)C(=O)CC(=O)SC(C)(C)CNC(=O)C(C)C.[HH]. The third-order valence-electron chi connectivity index (χ3n) is 2.41. The lowest BCUT2D eigenvalue weighted by molar-refractivity contribution is -0.154. The monoisotopic (exact) mass is 319 g/mol. The van der Waals surface area contributed by atoms with Gasteiger partial charge < -0.3 is 10.1 Å². The first kappa shape index (κ1) is 19.6. The van der Waals surface area contributed by atoms with Gasteiger partial charge in [0.15, 0.2) is 5.12 Å². The fourth-order valence-corrected chi connectivity index (χ4v) is 2.26. The van der Waals surface area contributed by atoms with Gasteiger partial charge in [0.2, 0.25) is 11.7 Å². The molecular weight excluding hydrogens is 294 g/mol. The van der Waals surface area contributed by atoms with Crippen LogP contribution < -0.4 is 5.32 Å². The first-order valence-electron chi connectivity index (χ1n) is 6.78. The molecule has 1 N–H and O–H groups in total. The van der Waals surface area contributed by atoms with Gasteiger partial charge in [0.05, 0.1) is 13.0 Å². The Hall–Kier alpha value is -1.37. The van der Waals surface area contributed by atoms with E-state index in [2.05, 4.69) is 10.1 Å². The van der Waals surface area contributed by atoms with E-state index in [1.54, 1.807) is 34.6 Å². The molecule has 122 valence electrons. The van der Waals surface area contributed by atoms with Crippen molar-refractivity contribution in [2.75, 3.05) is 13.2 Å². The van der Waals surface area contributed by atoms with Crippen molar-refractivity contribution in [1.29, 1.82) is 0 Å². The molecule has 6 nitrogen and oxygen atoms in total. The first-order valence-corrected chi connectivity index (χ1v) is 7.60. The summed E-state index contributed by atoms with van der Waals surface area (Å²) in [5.74, 6) is -2.07. The zero-order valence-electron chi connectivity index (χ0n) is 13.1. The summed E-state index contributed by atoms with van der Waals surface area (Å²) in [5, 5.41) is 2.32. The molecule has 7 heteroatoms. The average Bonchev–Trinajstić information content (AvgIpc) is 2.35. The normalized spacial score (nSPS) is 11.1. The molecule has 0 aliphatic rings. The summed E-state index contributed by atoms with van der Waals surface area (Å²) in [6, 6.07) is 0. The highest BCUT2D eigenvalue weighted by molar-refractivity contribution is 8.14. The standard InChI is InChI=1S/C14H23NO5S.H2/c1-6-20-13(19)10(16)7-11(17)21-14(4,5)8-15-12(18)9(2)3;/h9H,6-8H2,1-5H3,(H,15,18);1H. The van der Waals surface area contributed by atoms with Gasteiger partial charge in [-0.2, -0.15) is 0 Å². The molecular formula is C14H25NO5S. The number of rotatable bonds is 8. The maximum absolute atomic E-state index is 11.8. The van der Waals surface area contributed by atoms with Crippen LogP contribution in [0.5, 0.6) is 0 Å². The number of hydrogen-bond donors (Lipinski definition) is 1. The number of carbonyl (C=O) groups is 4. The van der Waals surface area contributed by atoms with Crippen molar-refractivity contribution in [3.63, 3.8) is 0 Å². The molecule has 0 fully saturated rings. The van der Waals surface area contributed by atoms with Gasteiger partial charge in [-0.15, -0.1) is 0 Å². The summed E-state index contributed by atoms with van der Waals surface area (Å²) >= 11 is 0.937. The van der Waals surface area contributed by atoms with E-state index in [0.717, 1.165) is 11.8 Å². The second-order valence-corrected chi connectivity index (χ2v) is 7.19. The van der Waals surface area contributed by atoms with E-state index in [0.29, 0.717) is 6.54 Å². The number of amides is 1. The maximum atomic E-state index is 11.8. The van der Waals surface area contributed by atoms with Crippen LogP contribution in [0.2, 0.25) is 0 Å². The number of carbonyl (C=O) groups excluding carboxylic acids is 4. The Balaban J connectivity index is 0. The second-order valence-electron chi connectivity index (χ2n) is 5.43. The third-order valence-corrected chi connectivity index (χ3v) is 3.48. The Kier molecular flexibility index (Phi) is 8.24. The fourth-order valence-electron chi connectivity index (χ4n) is 1.30. The van der Waals surface area contributed by atoms with Crippen molar-refractivity contribution in [1.82, 2.24) is 5.32 Å². The van der Waals surface area contributed by atoms with Gasteiger partial charge in [-0.3, -0.25) is 14.4 Å². The van der Waals surface area contributed by atoms with Gasteiger partial charge in [0.25, 0.3) is 0 Å². The van der Waals surface area contributed by atoms with Crippen molar-refractivity contribution < 1.29 is 25.3 Å². The lowest BCUT2D eigenvalue weighted by Crippen LogP contribution is -2.39. The van der Waals surface area contributed by atoms with Gasteiger partial charge in [0, 0.05) is 18.6 Å². The van der Waals surface area contributed by atoms with Gasteiger partial charge in [0.1, 0.15) is 0 Å². The molecule has 0 radical (unpaired) electrons. The van der Waals surface area contributed by atoms with E-state index < -0.39 is 28.0 Å². The van der Waals surface area contributed by atoms with Crippen LogP contribution in [-0.2, 0) is 23.9 Å². The molecule has 0 saturated heterocycles. The zero-order chi connectivity index (χ0) is 16.6. The molecule has 0 aliphatic carbocycles. The number of thioether (sulfide) groups is 1. The molecule has 1 amide bonds. The largest absolute Gasteiger partial charge is 0.460 e. The summed E-state index contributed by atoms with van der Waals surface area (Å²) in [4.78, 5) is 45.8. The molecule has 21 heavy (non-hydrogen) atoms. The molecule has 0 heterocycles. The summed E-state index contributed by atoms with van der Waals surface area (Å²) < 4.78 is 3.97. The van der Waals surface area contributed by atoms with Crippen LogP contribution in [0.25, 0.3) is 0 Å². The smallest absolute Gasteiger partial charge is 0.375 e. The summed E-state index contributed by atoms with van der Waals surface area (Å²) in [6.07, 6.45) is -0.495. The van der Waals surface area contributed by atoms with Crippen LogP contribution >= 0.6 is 11.8 Å². The molecule has 0 aromatic heterocycles. The van der Waals surface area contributed by atoms with Crippen LogP contribution in [-0.4, -0.2) is 40.7 Å². The Morgan fingerprint density at radius 3 is 2.29 bits per heavy atom. The first-order chi connectivity index (χ1) is 9.59. The molecule has 0 spiro atoms. The minimum atomic E-state index is -0.989. The third kappa shape index (κ3) is 8.49. The van der Waals surface area contributed by atoms with Crippen LogP contribution in [0.1, 0.15) is 42.5 Å². The van der Waals surface area contributed by atoms with Crippen LogP contribution in [0.15, 0.2) is 0 Å². The highest BCUT2D eigenvalue weighted by Gasteiger charge is 2.27. The van der Waals surface area contributed by atoms with Crippen LogP contribution in [0.4, 0.5) is 0 Å². The van der Waals surface area contributed by atoms with Gasteiger partial charge in [-0.05, 0) is 20.8 Å². The van der Waals surface area contributed by atoms with Gasteiger partial charge in [-0.1, -0.05) is 25.6 Å². The quantitative estimate of drug-likeness (QED) is 0.415. The van der Waals surface area contributed by atoms with Crippen molar-refractivity contribution in [3.05, 3.63) is 0 Å². The predicted molar refractivity (Wildman–Crippen MR) is 82.9 cm³/mol. The highest BCUT2D eigenvalue weighted by atomic mass is 32.2. The van der Waals surface area contributed by atoms with E-state index in [1.807, 2.05) is 0 Å². The van der Waals surface area contributed by atoms with Crippen LogP contribution in [0, 0.1) is 5.92 Å². The number of hydrogen-bond acceptors (Lipinski definition) is 6. The summed E-state index contributed by atoms with van der Waals surface area (Å²) in [5.41, 5.74) is 0. The molecule has 0 bridgehead atoms. The number of Topliss-reactive ketones (excluding diaryl/α,β-unsaturated/α-hetero) is 1. The number of ether oxygens (including phenoxy) is 1. The fraction of sp³-hybridized carbons (Fsp3) is 0.714. The number of esters is 1. The van der Waals surface area contributed by atoms with Crippen molar-refractivity contribution in [2.24, 2.45) is 5.92 Å². The molecule has 0 aromatic carbocycles. The van der Waals surface area contributed by atoms with Crippen LogP contribution in [0.3, 0.4) is 0 Å². The van der Waals surface area contributed by atoms with Gasteiger partial charge in [-0.25, -0.2) is 4.79 Å². The molecule has 0 unspecified atom stereocenters. The Morgan fingerprint density at radius 2 is 1.81 bits per heavy atom. The number of nitrogens with one attached hydrogen (secondary N) is 1. The molecule has 0 aliphatic heterocycles. The molecule has 0 aromatic rings. The molecule has 0 atom stereocenters. The second kappa shape index (κ2) is 8.81. The Labute approximate surface area is 130 Å². The minimum Gasteiger partial charge on any atom is -0.460 e. The maximum Gasteiger partial charge on any atom is 0.375 e.